The lowest BCUT2D eigenvalue weighted by Gasteiger charge is -2.41. The highest BCUT2D eigenvalue weighted by molar-refractivity contribution is 5.65. The van der Waals surface area contributed by atoms with Crippen molar-refractivity contribution in [1.82, 2.24) is 0 Å². The average Bonchev–Trinajstić information content (AvgIpc) is 2.09. The van der Waals surface area contributed by atoms with Crippen LogP contribution in [0, 0.1) is 0 Å². The number of ether oxygens (including phenoxy) is 3. The van der Waals surface area contributed by atoms with Crippen LogP contribution in [0.4, 0.5) is 4.79 Å². The van der Waals surface area contributed by atoms with E-state index in [1.807, 2.05) is 0 Å². The Morgan fingerprint density at radius 2 is 2.00 bits per heavy atom. The second-order valence-electron chi connectivity index (χ2n) is 3.74. The van der Waals surface area contributed by atoms with E-state index in [2.05, 4.69) is 0 Å². The summed E-state index contributed by atoms with van der Waals surface area (Å²) in [5.41, 5.74) is 3.70. The fourth-order valence-electron chi connectivity index (χ4n) is 1.09. The number of rotatable bonds is 2. The predicted octanol–water partition coefficient (Wildman–Crippen LogP) is -0.404. The number of nitrogens with two attached hydrogens (primary N) is 1. The minimum Gasteiger partial charge on any atom is -0.436 e. The van der Waals surface area contributed by atoms with Gasteiger partial charge in [-0.1, -0.05) is 0 Å². The lowest BCUT2D eigenvalue weighted by atomic mass is 10.1. The molecule has 0 aromatic rings. The molecular weight excluding hydrogens is 190 g/mol. The molecule has 1 aliphatic rings. The van der Waals surface area contributed by atoms with Gasteiger partial charge in [0.15, 0.2) is 11.4 Å². The van der Waals surface area contributed by atoms with Crippen molar-refractivity contribution in [2.24, 2.45) is 5.73 Å². The van der Waals surface area contributed by atoms with Gasteiger partial charge in [0, 0.05) is 0 Å². The number of carbonyl (C=O) groups is 1. The number of primary amides is 1. The van der Waals surface area contributed by atoms with Gasteiger partial charge in [0.1, 0.15) is 0 Å². The van der Waals surface area contributed by atoms with Gasteiger partial charge in [0.05, 0.1) is 19.8 Å². The molecule has 0 radical (unpaired) electrons. The molecule has 3 N–H and O–H groups in total. The zero-order valence-corrected chi connectivity index (χ0v) is 8.28. The van der Waals surface area contributed by atoms with Crippen LogP contribution in [-0.2, 0) is 14.2 Å². The third-order valence-electron chi connectivity index (χ3n) is 1.97. The Morgan fingerprint density at radius 3 is 2.36 bits per heavy atom. The minimum absolute atomic E-state index is 0.0689. The second kappa shape index (κ2) is 3.72. The maximum Gasteiger partial charge on any atom is 0.405 e. The van der Waals surface area contributed by atoms with Gasteiger partial charge in [-0.05, 0) is 13.8 Å². The van der Waals surface area contributed by atoms with Crippen molar-refractivity contribution in [1.29, 1.82) is 0 Å². The Bertz CT molecular complexity index is 218. The molecule has 1 amide bonds. The van der Waals surface area contributed by atoms with Gasteiger partial charge in [-0.15, -0.1) is 0 Å². The van der Waals surface area contributed by atoms with Crippen LogP contribution < -0.4 is 5.73 Å². The van der Waals surface area contributed by atoms with Crippen LogP contribution in [0.1, 0.15) is 13.8 Å². The molecule has 0 atom stereocenters. The quantitative estimate of drug-likeness (QED) is 0.639. The molecular formula is C8H15NO5. The molecule has 0 bridgehead atoms. The molecule has 0 aromatic heterocycles. The molecule has 1 heterocycles. The van der Waals surface area contributed by atoms with Crippen LogP contribution in [0.15, 0.2) is 0 Å². The highest BCUT2D eigenvalue weighted by atomic mass is 16.7. The molecule has 1 rings (SSSR count). The number of hydrogen-bond donors (Lipinski definition) is 2. The van der Waals surface area contributed by atoms with Crippen LogP contribution in [0.5, 0.6) is 0 Å². The first kappa shape index (κ1) is 11.2. The molecule has 1 aliphatic heterocycles. The third-order valence-corrected chi connectivity index (χ3v) is 1.97. The third kappa shape index (κ3) is 2.57. The summed E-state index contributed by atoms with van der Waals surface area (Å²) in [6, 6.07) is 0. The molecule has 0 aliphatic carbocycles. The van der Waals surface area contributed by atoms with Crippen LogP contribution in [0.2, 0.25) is 0 Å². The Labute approximate surface area is 81.9 Å². The van der Waals surface area contributed by atoms with Crippen molar-refractivity contribution < 1.29 is 24.1 Å². The van der Waals surface area contributed by atoms with Crippen molar-refractivity contribution in [2.75, 3.05) is 19.8 Å². The molecule has 6 heteroatoms. The van der Waals surface area contributed by atoms with Crippen molar-refractivity contribution in [3.05, 3.63) is 0 Å². The molecule has 0 unspecified atom stereocenters. The first-order valence-corrected chi connectivity index (χ1v) is 4.26. The SMILES string of the molecule is CC1(C)OCC(CO)(OC(N)=O)CO1. The van der Waals surface area contributed by atoms with Gasteiger partial charge in [-0.25, -0.2) is 4.79 Å². The molecule has 14 heavy (non-hydrogen) atoms. The monoisotopic (exact) mass is 205 g/mol. The largest absolute Gasteiger partial charge is 0.436 e. The lowest BCUT2D eigenvalue weighted by Crippen LogP contribution is -2.56. The summed E-state index contributed by atoms with van der Waals surface area (Å²) in [5.74, 6) is -0.723. The van der Waals surface area contributed by atoms with Gasteiger partial charge >= 0.3 is 6.09 Å². The summed E-state index contributed by atoms with van der Waals surface area (Å²) in [4.78, 5) is 10.6. The molecule has 1 fully saturated rings. The Morgan fingerprint density at radius 1 is 1.50 bits per heavy atom. The molecule has 82 valence electrons. The number of aliphatic hydroxyl groups excluding tert-OH is 1. The first-order chi connectivity index (χ1) is 6.39. The van der Waals surface area contributed by atoms with Crippen LogP contribution in [-0.4, -0.2) is 42.4 Å². The minimum atomic E-state index is -1.17. The van der Waals surface area contributed by atoms with Crippen molar-refractivity contribution in [3.8, 4) is 0 Å². The fraction of sp³-hybridized carbons (Fsp3) is 0.875. The van der Waals surface area contributed by atoms with E-state index in [-0.39, 0.29) is 19.8 Å². The van der Waals surface area contributed by atoms with E-state index < -0.39 is 17.5 Å². The highest BCUT2D eigenvalue weighted by Gasteiger charge is 2.42. The predicted molar refractivity (Wildman–Crippen MR) is 46.5 cm³/mol. The average molecular weight is 205 g/mol. The summed E-state index contributed by atoms with van der Waals surface area (Å²) in [5, 5.41) is 9.07. The van der Waals surface area contributed by atoms with Crippen LogP contribution >= 0.6 is 0 Å². The number of hydrogen-bond acceptors (Lipinski definition) is 5. The number of carbonyl (C=O) groups excluding carboxylic acids is 1. The maximum absolute atomic E-state index is 10.6. The zero-order chi connectivity index (χ0) is 10.8. The number of aliphatic hydroxyl groups is 1. The van der Waals surface area contributed by atoms with E-state index in [1.54, 1.807) is 13.8 Å². The first-order valence-electron chi connectivity index (χ1n) is 4.26. The fourth-order valence-corrected chi connectivity index (χ4v) is 1.09. The van der Waals surface area contributed by atoms with E-state index in [1.165, 1.54) is 0 Å². The molecule has 1 saturated heterocycles. The van der Waals surface area contributed by atoms with E-state index in [9.17, 15) is 4.79 Å². The number of amides is 1. The standard InChI is InChI=1S/C8H15NO5/c1-7(2)12-4-8(3-10,5-13-7)14-6(9)11/h10H,3-5H2,1-2H3,(H2,9,11). The van der Waals surface area contributed by atoms with Crippen molar-refractivity contribution in [3.63, 3.8) is 0 Å². The van der Waals surface area contributed by atoms with E-state index >= 15 is 0 Å². The molecule has 6 nitrogen and oxygen atoms in total. The van der Waals surface area contributed by atoms with Crippen LogP contribution in [0.3, 0.4) is 0 Å². The summed E-state index contributed by atoms with van der Waals surface area (Å²) in [7, 11) is 0. The normalized spacial score (nSPS) is 24.2. The maximum atomic E-state index is 10.6. The summed E-state index contributed by atoms with van der Waals surface area (Å²) < 4.78 is 15.3. The van der Waals surface area contributed by atoms with Gasteiger partial charge in [0.2, 0.25) is 0 Å². The van der Waals surface area contributed by atoms with Crippen molar-refractivity contribution in [2.45, 2.75) is 25.2 Å². The van der Waals surface area contributed by atoms with Crippen molar-refractivity contribution >= 4 is 6.09 Å². The van der Waals surface area contributed by atoms with Gasteiger partial charge in [-0.2, -0.15) is 0 Å². The smallest absolute Gasteiger partial charge is 0.405 e. The molecule has 0 saturated carbocycles. The van der Waals surface area contributed by atoms with Gasteiger partial charge in [-0.3, -0.25) is 0 Å². The van der Waals surface area contributed by atoms with E-state index in [0.717, 1.165) is 0 Å². The van der Waals surface area contributed by atoms with Crippen LogP contribution in [0.25, 0.3) is 0 Å². The molecule has 0 spiro atoms. The Kier molecular flexibility index (Phi) is 2.98. The lowest BCUT2D eigenvalue weighted by molar-refractivity contribution is -0.304. The van der Waals surface area contributed by atoms with Gasteiger partial charge < -0.3 is 25.1 Å². The molecule has 0 aromatic carbocycles. The van der Waals surface area contributed by atoms with E-state index in [0.29, 0.717) is 0 Å². The summed E-state index contributed by atoms with van der Waals surface area (Å²) >= 11 is 0. The van der Waals surface area contributed by atoms with E-state index in [4.69, 9.17) is 25.1 Å². The Hall–Kier alpha value is -0.850. The highest BCUT2D eigenvalue weighted by Crippen LogP contribution is 2.25. The van der Waals surface area contributed by atoms with Gasteiger partial charge in [0.25, 0.3) is 0 Å². The summed E-state index contributed by atoms with van der Waals surface area (Å²) in [6.07, 6.45) is -0.953. The second-order valence-corrected chi connectivity index (χ2v) is 3.74. The summed E-state index contributed by atoms with van der Waals surface area (Å²) in [6.45, 7) is 3.22. The topological polar surface area (TPSA) is 91.0 Å². The zero-order valence-electron chi connectivity index (χ0n) is 8.28. The Balaban J connectivity index is 2.61.